The molecule has 111 heavy (non-hydrogen) atoms. The quantitative estimate of drug-likeness (QED) is 0.0523. The number of sulfonamides is 4. The number of hydrogen-bond acceptors (Lipinski definition) is 12. The van der Waals surface area contributed by atoms with Gasteiger partial charge in [0.1, 0.15) is 0 Å². The second-order valence-corrected chi connectivity index (χ2v) is 36.7. The molecule has 0 saturated heterocycles. The van der Waals surface area contributed by atoms with E-state index in [0.29, 0.717) is 34.6 Å². The van der Waals surface area contributed by atoms with Crippen molar-refractivity contribution in [1.82, 2.24) is 19.6 Å². The summed E-state index contributed by atoms with van der Waals surface area (Å²) in [6, 6.07) is 57.1. The second kappa shape index (κ2) is 39.9. The minimum atomic E-state index is -3.96. The van der Waals surface area contributed by atoms with Gasteiger partial charge in [-0.05, 0) is 186 Å². The van der Waals surface area contributed by atoms with E-state index in [1.807, 2.05) is 19.2 Å². The van der Waals surface area contributed by atoms with Gasteiger partial charge in [-0.1, -0.05) is 204 Å². The predicted octanol–water partition coefficient (Wildman–Crippen LogP) is 18.2. The van der Waals surface area contributed by atoms with Gasteiger partial charge in [0.2, 0.25) is 0 Å². The lowest BCUT2D eigenvalue weighted by atomic mass is 9.88. The lowest BCUT2D eigenvalue weighted by Gasteiger charge is -2.42. The standard InChI is InChI=1S/C26H29N3O5S2.C20H23ClN2O3S.C20H24N2O3S.C20H29NO/c1-29(23-11-5-2-6-12-23)26(30)20-17-21(27-35(31,32)24-13-7-3-8-14-24)19-22(18-20)28-36(33,34)25-15-9-4-10-16-25;1-23(16-8-4-2-5-9-16)20(24)18-13-12-15(14-19(18)21)22-27(25,26)17-10-6-3-7-11-17;1-22(18-11-4-2-5-12-18)20(23)16-9-8-10-17(15-16)21-26(24,25)19-13-6-3-7-14-19;1-16-12-14-17(15-13-16)20(22)21(18-8-4-2-5-9-18)19-10-6-3-7-11-19/h3-4,7-10,13-19,23,27-28H,2,5-6,11-12H2,1H3;3,6-7,10-14,16,22H,2,4-5,8-9H2,1H3;3,6-10,13-15,18,21H,2,4-5,11-12H2,1H3;12-15,18-19H,2-11H2,1H3. The van der Waals surface area contributed by atoms with Crippen molar-refractivity contribution in [2.45, 2.75) is 217 Å². The van der Waals surface area contributed by atoms with Crippen molar-refractivity contribution in [3.63, 3.8) is 0 Å². The molecular weight excluding hydrogens is 1500 g/mol. The van der Waals surface area contributed by atoms with Crippen LogP contribution in [0.1, 0.15) is 208 Å². The molecule has 0 spiro atoms. The third-order valence-electron chi connectivity index (χ3n) is 21.5. The zero-order valence-corrected chi connectivity index (χ0v) is 67.9. The zero-order chi connectivity index (χ0) is 79.1. The second-order valence-electron chi connectivity index (χ2n) is 29.5. The van der Waals surface area contributed by atoms with Crippen LogP contribution in [-0.4, -0.2) is 128 Å². The maximum absolute atomic E-state index is 13.4. The first kappa shape index (κ1) is 84.4. The molecule has 0 aromatic heterocycles. The van der Waals surface area contributed by atoms with Crippen LogP contribution in [-0.2, 0) is 40.1 Å². The summed E-state index contributed by atoms with van der Waals surface area (Å²) in [5, 5.41) is 0.232. The highest BCUT2D eigenvalue weighted by atomic mass is 35.5. The summed E-state index contributed by atoms with van der Waals surface area (Å²) in [5.74, 6) is -0.233. The maximum atomic E-state index is 13.4. The normalized spacial score (nSPS) is 16.2. The number of amides is 4. The van der Waals surface area contributed by atoms with Crippen LogP contribution in [0.15, 0.2) is 226 Å². The fourth-order valence-electron chi connectivity index (χ4n) is 15.3. The first-order valence-corrected chi connectivity index (χ1v) is 45.1. The first-order valence-electron chi connectivity index (χ1n) is 38.8. The smallest absolute Gasteiger partial charge is 0.261 e. The van der Waals surface area contributed by atoms with Crippen molar-refractivity contribution in [1.29, 1.82) is 0 Å². The topological polar surface area (TPSA) is 266 Å². The molecule has 5 aliphatic rings. The molecular formula is C86H105ClN8O12S4. The van der Waals surface area contributed by atoms with E-state index in [0.717, 1.165) is 89.0 Å². The highest BCUT2D eigenvalue weighted by molar-refractivity contribution is 7.93. The van der Waals surface area contributed by atoms with Crippen LogP contribution in [0, 0.1) is 6.92 Å². The summed E-state index contributed by atoms with van der Waals surface area (Å²) >= 11 is 6.30. The number of anilines is 4. The Bertz CT molecular complexity index is 4760. The number of nitrogens with one attached hydrogen (secondary N) is 4. The Labute approximate surface area is 662 Å². The predicted molar refractivity (Wildman–Crippen MR) is 441 cm³/mol. The van der Waals surface area contributed by atoms with Gasteiger partial charge in [-0.25, -0.2) is 33.7 Å². The zero-order valence-electron chi connectivity index (χ0n) is 63.9. The lowest BCUT2D eigenvalue weighted by Crippen LogP contribution is -2.48. The van der Waals surface area contributed by atoms with E-state index in [1.54, 1.807) is 138 Å². The van der Waals surface area contributed by atoms with Crippen molar-refractivity contribution >= 4 is 98.1 Å². The molecule has 13 rings (SSSR count). The van der Waals surface area contributed by atoms with Gasteiger partial charge in [-0.2, -0.15) is 0 Å². The Morgan fingerprint density at radius 3 is 0.955 bits per heavy atom. The van der Waals surface area contributed by atoms with E-state index in [1.165, 1.54) is 155 Å². The highest BCUT2D eigenvalue weighted by Crippen LogP contribution is 2.35. The number of nitrogens with zero attached hydrogens (tertiary/aromatic N) is 4. The third-order valence-corrected chi connectivity index (χ3v) is 27.4. The number of rotatable bonds is 21. The van der Waals surface area contributed by atoms with Gasteiger partial charge < -0.3 is 19.6 Å². The molecule has 0 radical (unpaired) electrons. The summed E-state index contributed by atoms with van der Waals surface area (Å²) < 4.78 is 112. The summed E-state index contributed by atoms with van der Waals surface area (Å²) in [6.45, 7) is 2.08. The van der Waals surface area contributed by atoms with Gasteiger partial charge >= 0.3 is 0 Å². The molecule has 0 heterocycles. The van der Waals surface area contributed by atoms with Gasteiger partial charge in [0.25, 0.3) is 63.7 Å². The molecule has 5 aliphatic carbocycles. The summed E-state index contributed by atoms with van der Waals surface area (Å²) in [4.78, 5) is 60.1. The minimum absolute atomic E-state index is 0.0486. The maximum Gasteiger partial charge on any atom is 0.261 e. The Balaban J connectivity index is 0.000000160. The SMILES string of the molecule is CN(C(=O)c1cc(NS(=O)(=O)c2ccccc2)cc(NS(=O)(=O)c2ccccc2)c1)C1CCCCC1.CN(C(=O)c1ccc(NS(=O)(=O)c2ccccc2)cc1Cl)C1CCCCC1.CN(C(=O)c1cccc(NS(=O)(=O)c2ccccc2)c1)C1CCCCC1.Cc1ccc(C(=O)N(C2CCCCC2)C2CCCCC2)cc1. The number of carbonyl (C=O) groups is 4. The van der Waals surface area contributed by atoms with Gasteiger partial charge in [-0.3, -0.25) is 38.1 Å². The largest absolute Gasteiger partial charge is 0.339 e. The Kier molecular flexibility index (Phi) is 30.3. The molecule has 0 aliphatic heterocycles. The van der Waals surface area contributed by atoms with Crippen LogP contribution in [0.4, 0.5) is 22.7 Å². The average Bonchev–Trinajstić information content (AvgIpc) is 0.870. The van der Waals surface area contributed by atoms with Crippen molar-refractivity contribution in [2.75, 3.05) is 40.0 Å². The summed E-state index contributed by atoms with van der Waals surface area (Å²) in [7, 11) is -9.93. The van der Waals surface area contributed by atoms with E-state index in [4.69, 9.17) is 11.6 Å². The van der Waals surface area contributed by atoms with Crippen molar-refractivity contribution in [3.8, 4) is 0 Å². The Morgan fingerprint density at radius 1 is 0.297 bits per heavy atom. The van der Waals surface area contributed by atoms with Crippen LogP contribution in [0.25, 0.3) is 0 Å². The monoisotopic (exact) mass is 1600 g/mol. The van der Waals surface area contributed by atoms with Crippen LogP contribution >= 0.6 is 11.6 Å². The van der Waals surface area contributed by atoms with Crippen LogP contribution in [0.3, 0.4) is 0 Å². The first-order chi connectivity index (χ1) is 53.3. The molecule has 20 nitrogen and oxygen atoms in total. The van der Waals surface area contributed by atoms with E-state index >= 15 is 0 Å². The van der Waals surface area contributed by atoms with Crippen LogP contribution < -0.4 is 18.9 Å². The van der Waals surface area contributed by atoms with E-state index in [2.05, 4.69) is 42.8 Å². The van der Waals surface area contributed by atoms with Crippen molar-refractivity contribution in [3.05, 3.63) is 239 Å². The van der Waals surface area contributed by atoms with Crippen molar-refractivity contribution in [2.24, 2.45) is 0 Å². The fourth-order valence-corrected chi connectivity index (χ4v) is 19.8. The fraction of sp³-hybridized carbons (Fsp3) is 0.395. The number of aryl methyl sites for hydroxylation is 1. The minimum Gasteiger partial charge on any atom is -0.339 e. The third kappa shape index (κ3) is 23.8. The van der Waals surface area contributed by atoms with E-state index < -0.39 is 40.1 Å². The van der Waals surface area contributed by atoms with Crippen LogP contribution in [0.5, 0.6) is 0 Å². The lowest BCUT2D eigenvalue weighted by molar-refractivity contribution is 0.0448. The molecule has 25 heteroatoms. The summed E-state index contributed by atoms with van der Waals surface area (Å²) in [5.41, 5.74) is 4.01. The van der Waals surface area contributed by atoms with Gasteiger partial charge in [-0.15, -0.1) is 0 Å². The molecule has 4 amide bonds. The van der Waals surface area contributed by atoms with Gasteiger partial charge in [0.05, 0.1) is 47.2 Å². The number of benzene rings is 8. The molecule has 0 atom stereocenters. The van der Waals surface area contributed by atoms with Crippen LogP contribution in [0.2, 0.25) is 5.02 Å². The number of halogens is 1. The molecule has 0 unspecified atom stereocenters. The summed E-state index contributed by atoms with van der Waals surface area (Å²) in [6.07, 6.45) is 28.8. The van der Waals surface area contributed by atoms with Gasteiger partial charge in [0.15, 0.2) is 0 Å². The van der Waals surface area contributed by atoms with Crippen molar-refractivity contribution < 1.29 is 52.8 Å². The Hall–Kier alpha value is -9.07. The highest BCUT2D eigenvalue weighted by Gasteiger charge is 2.34. The molecule has 4 N–H and O–H groups in total. The number of hydrogen-bond donors (Lipinski definition) is 4. The van der Waals surface area contributed by atoms with Gasteiger partial charge in [0, 0.05) is 73.7 Å². The van der Waals surface area contributed by atoms with E-state index in [-0.39, 0.29) is 83.3 Å². The van der Waals surface area contributed by atoms with E-state index in [9.17, 15) is 52.8 Å². The molecule has 5 fully saturated rings. The average molecular weight is 1610 g/mol. The molecule has 592 valence electrons. The number of carbonyl (C=O) groups excluding carboxylic acids is 4. The molecule has 5 saturated carbocycles. The molecule has 8 aromatic carbocycles. The molecule has 0 bridgehead atoms. The molecule has 8 aromatic rings. The Morgan fingerprint density at radius 2 is 0.604 bits per heavy atom.